The lowest BCUT2D eigenvalue weighted by Crippen LogP contribution is -2.27. The number of rotatable bonds is 8. The Morgan fingerprint density at radius 2 is 2.32 bits per heavy atom. The van der Waals surface area contributed by atoms with Crippen molar-refractivity contribution in [1.82, 2.24) is 14.7 Å². The van der Waals surface area contributed by atoms with Crippen LogP contribution in [-0.2, 0) is 6.54 Å². The third kappa shape index (κ3) is 4.73. The molecule has 4 nitrogen and oxygen atoms in total. The molecule has 19 heavy (non-hydrogen) atoms. The van der Waals surface area contributed by atoms with Crippen molar-refractivity contribution in [1.29, 1.82) is 0 Å². The molecule has 108 valence electrons. The van der Waals surface area contributed by atoms with Crippen molar-refractivity contribution in [3.63, 3.8) is 0 Å². The summed E-state index contributed by atoms with van der Waals surface area (Å²) >= 11 is 2.07. The van der Waals surface area contributed by atoms with Crippen LogP contribution in [0.3, 0.4) is 0 Å². The highest BCUT2D eigenvalue weighted by molar-refractivity contribution is 7.99. The smallest absolute Gasteiger partial charge is 0.0726 e. The van der Waals surface area contributed by atoms with Crippen molar-refractivity contribution in [2.75, 3.05) is 43.0 Å². The van der Waals surface area contributed by atoms with Gasteiger partial charge in [0, 0.05) is 19.3 Å². The first-order valence-corrected chi connectivity index (χ1v) is 8.53. The van der Waals surface area contributed by atoms with E-state index in [1.54, 1.807) is 0 Å². The van der Waals surface area contributed by atoms with Gasteiger partial charge in [-0.2, -0.15) is 16.9 Å². The molecule has 0 saturated carbocycles. The summed E-state index contributed by atoms with van der Waals surface area (Å²) in [5.74, 6) is 3.47. The first kappa shape index (κ1) is 14.7. The fourth-order valence-electron chi connectivity index (χ4n) is 2.37. The van der Waals surface area contributed by atoms with Gasteiger partial charge in [0.2, 0.25) is 0 Å². The maximum absolute atomic E-state index is 4.42. The quantitative estimate of drug-likeness (QED) is 0.794. The van der Waals surface area contributed by atoms with Gasteiger partial charge in [0.1, 0.15) is 0 Å². The Morgan fingerprint density at radius 1 is 1.47 bits per heavy atom. The highest BCUT2D eigenvalue weighted by Gasteiger charge is 2.15. The summed E-state index contributed by atoms with van der Waals surface area (Å²) in [5, 5.41) is 7.94. The third-order valence-electron chi connectivity index (χ3n) is 3.79. The molecular formula is C14H26N4S. The second-order valence-corrected chi connectivity index (χ2v) is 6.28. The number of hydrogen-bond donors (Lipinski definition) is 1. The van der Waals surface area contributed by atoms with Crippen molar-refractivity contribution in [2.45, 2.75) is 26.8 Å². The molecule has 1 aliphatic rings. The van der Waals surface area contributed by atoms with E-state index in [2.05, 4.69) is 47.1 Å². The van der Waals surface area contributed by atoms with Crippen LogP contribution in [0.2, 0.25) is 0 Å². The van der Waals surface area contributed by atoms with Gasteiger partial charge in [0.25, 0.3) is 0 Å². The lowest BCUT2D eigenvalue weighted by Gasteiger charge is -2.17. The van der Waals surface area contributed by atoms with Crippen LogP contribution in [0.5, 0.6) is 0 Å². The SMILES string of the molecule is CCN(CC)CCn1cc(NCC2CCSC2)cn1. The molecule has 0 radical (unpaired) electrons. The molecule has 1 atom stereocenters. The lowest BCUT2D eigenvalue weighted by molar-refractivity contribution is 0.285. The standard InChI is InChI=1S/C14H26N4S/c1-3-17(4-2)6-7-18-11-14(10-16-18)15-9-13-5-8-19-12-13/h10-11,13,15H,3-9,12H2,1-2H3. The summed E-state index contributed by atoms with van der Waals surface area (Å²) in [5.41, 5.74) is 1.16. The molecule has 1 aromatic rings. The average Bonchev–Trinajstić information content (AvgIpc) is 3.09. The molecule has 0 bridgehead atoms. The molecule has 1 aliphatic heterocycles. The van der Waals surface area contributed by atoms with Gasteiger partial charge in [-0.3, -0.25) is 4.68 Å². The van der Waals surface area contributed by atoms with Crippen LogP contribution in [-0.4, -0.2) is 52.4 Å². The summed E-state index contributed by atoms with van der Waals surface area (Å²) in [4.78, 5) is 2.42. The average molecular weight is 282 g/mol. The van der Waals surface area contributed by atoms with Gasteiger partial charge in [-0.25, -0.2) is 0 Å². The molecule has 0 spiro atoms. The zero-order valence-electron chi connectivity index (χ0n) is 12.1. The summed E-state index contributed by atoms with van der Waals surface area (Å²) in [6.45, 7) is 9.79. The minimum absolute atomic E-state index is 0.837. The van der Waals surface area contributed by atoms with Crippen LogP contribution < -0.4 is 5.32 Å². The van der Waals surface area contributed by atoms with E-state index >= 15 is 0 Å². The van der Waals surface area contributed by atoms with Crippen LogP contribution >= 0.6 is 11.8 Å². The monoisotopic (exact) mass is 282 g/mol. The van der Waals surface area contributed by atoms with Gasteiger partial charge in [-0.1, -0.05) is 13.8 Å². The van der Waals surface area contributed by atoms with E-state index in [1.807, 2.05) is 10.9 Å². The van der Waals surface area contributed by atoms with E-state index in [0.29, 0.717) is 0 Å². The predicted octanol–water partition coefficient (Wildman–Crippen LogP) is 2.39. The first-order valence-electron chi connectivity index (χ1n) is 7.38. The molecular weight excluding hydrogens is 256 g/mol. The van der Waals surface area contributed by atoms with Crippen LogP contribution in [0.1, 0.15) is 20.3 Å². The van der Waals surface area contributed by atoms with Gasteiger partial charge >= 0.3 is 0 Å². The van der Waals surface area contributed by atoms with Crippen molar-refractivity contribution in [3.05, 3.63) is 12.4 Å². The fourth-order valence-corrected chi connectivity index (χ4v) is 3.65. The maximum Gasteiger partial charge on any atom is 0.0726 e. The highest BCUT2D eigenvalue weighted by Crippen LogP contribution is 2.23. The van der Waals surface area contributed by atoms with Gasteiger partial charge in [0.05, 0.1) is 18.4 Å². The Hall–Kier alpha value is -0.680. The third-order valence-corrected chi connectivity index (χ3v) is 5.02. The van der Waals surface area contributed by atoms with Crippen LogP contribution in [0, 0.1) is 5.92 Å². The first-order chi connectivity index (χ1) is 9.31. The topological polar surface area (TPSA) is 33.1 Å². The van der Waals surface area contributed by atoms with E-state index in [9.17, 15) is 0 Å². The second-order valence-electron chi connectivity index (χ2n) is 5.13. The van der Waals surface area contributed by atoms with Gasteiger partial charge in [0.15, 0.2) is 0 Å². The van der Waals surface area contributed by atoms with E-state index < -0.39 is 0 Å². The van der Waals surface area contributed by atoms with E-state index in [-0.39, 0.29) is 0 Å². The molecule has 0 amide bonds. The molecule has 1 N–H and O–H groups in total. The summed E-state index contributed by atoms with van der Waals surface area (Å²) in [6.07, 6.45) is 5.43. The van der Waals surface area contributed by atoms with Gasteiger partial charge in [-0.15, -0.1) is 0 Å². The van der Waals surface area contributed by atoms with Crippen molar-refractivity contribution in [3.8, 4) is 0 Å². The molecule has 5 heteroatoms. The Morgan fingerprint density at radius 3 is 3.00 bits per heavy atom. The van der Waals surface area contributed by atoms with Crippen LogP contribution in [0.25, 0.3) is 0 Å². The molecule has 0 aliphatic carbocycles. The van der Waals surface area contributed by atoms with Gasteiger partial charge in [-0.05, 0) is 36.9 Å². The number of thioether (sulfide) groups is 1. The zero-order chi connectivity index (χ0) is 13.5. The number of nitrogens with zero attached hydrogens (tertiary/aromatic N) is 3. The predicted molar refractivity (Wildman–Crippen MR) is 83.9 cm³/mol. The molecule has 1 fully saturated rings. The molecule has 1 unspecified atom stereocenters. The second kappa shape index (κ2) is 7.80. The van der Waals surface area contributed by atoms with E-state index in [0.717, 1.165) is 44.3 Å². The molecule has 1 aromatic heterocycles. The molecule has 0 aromatic carbocycles. The normalized spacial score (nSPS) is 19.2. The Kier molecular flexibility index (Phi) is 6.04. The van der Waals surface area contributed by atoms with Crippen molar-refractivity contribution < 1.29 is 0 Å². The van der Waals surface area contributed by atoms with Gasteiger partial charge < -0.3 is 10.2 Å². The highest BCUT2D eigenvalue weighted by atomic mass is 32.2. The molecule has 2 heterocycles. The maximum atomic E-state index is 4.42. The minimum Gasteiger partial charge on any atom is -0.382 e. The number of aromatic nitrogens is 2. The Balaban J connectivity index is 1.71. The van der Waals surface area contributed by atoms with E-state index in [4.69, 9.17) is 0 Å². The number of hydrogen-bond acceptors (Lipinski definition) is 4. The Labute approximate surface area is 120 Å². The summed E-state index contributed by atoms with van der Waals surface area (Å²) in [7, 11) is 0. The van der Waals surface area contributed by atoms with Crippen LogP contribution in [0.4, 0.5) is 5.69 Å². The molecule has 2 rings (SSSR count). The Bertz CT molecular complexity index is 336. The molecule has 1 saturated heterocycles. The fraction of sp³-hybridized carbons (Fsp3) is 0.786. The largest absolute Gasteiger partial charge is 0.382 e. The number of nitrogens with one attached hydrogen (secondary N) is 1. The number of likely N-dealkylation sites (N-methyl/N-ethyl adjacent to an activating group) is 1. The minimum atomic E-state index is 0.837. The van der Waals surface area contributed by atoms with Crippen LogP contribution in [0.15, 0.2) is 12.4 Å². The van der Waals surface area contributed by atoms with Crippen molar-refractivity contribution >= 4 is 17.4 Å². The zero-order valence-corrected chi connectivity index (χ0v) is 13.0. The lowest BCUT2D eigenvalue weighted by atomic mass is 10.1. The summed E-state index contributed by atoms with van der Waals surface area (Å²) < 4.78 is 2.05. The van der Waals surface area contributed by atoms with Crippen molar-refractivity contribution in [2.24, 2.45) is 5.92 Å². The summed E-state index contributed by atoms with van der Waals surface area (Å²) in [6, 6.07) is 0. The number of anilines is 1. The van der Waals surface area contributed by atoms with E-state index in [1.165, 1.54) is 17.9 Å².